The second-order valence-electron chi connectivity index (χ2n) is 5.70. The van der Waals surface area contributed by atoms with Crippen molar-refractivity contribution in [3.05, 3.63) is 23.8 Å². The highest BCUT2D eigenvalue weighted by atomic mass is 16.5. The minimum atomic E-state index is -0.276. The van der Waals surface area contributed by atoms with E-state index in [-0.39, 0.29) is 24.4 Å². The maximum absolute atomic E-state index is 12.4. The molecule has 7 nitrogen and oxygen atoms in total. The van der Waals surface area contributed by atoms with Crippen LogP contribution < -0.4 is 9.47 Å². The highest BCUT2D eigenvalue weighted by Crippen LogP contribution is 2.28. The Labute approximate surface area is 147 Å². The molecular weight excluding hydrogens is 324 g/mol. The summed E-state index contributed by atoms with van der Waals surface area (Å²) < 4.78 is 15.8. The van der Waals surface area contributed by atoms with Crippen LogP contribution in [0.25, 0.3) is 0 Å². The van der Waals surface area contributed by atoms with E-state index < -0.39 is 0 Å². The highest BCUT2D eigenvalue weighted by Gasteiger charge is 2.29. The van der Waals surface area contributed by atoms with Gasteiger partial charge < -0.3 is 19.1 Å². The van der Waals surface area contributed by atoms with E-state index in [2.05, 4.69) is 0 Å². The molecule has 7 heteroatoms. The molecule has 0 N–H and O–H groups in total. The molecule has 1 fully saturated rings. The fraction of sp³-hybridized carbons (Fsp3) is 0.500. The van der Waals surface area contributed by atoms with Gasteiger partial charge in [0.1, 0.15) is 0 Å². The molecule has 1 aromatic carbocycles. The largest absolute Gasteiger partial charge is 0.493 e. The minimum Gasteiger partial charge on any atom is -0.493 e. The van der Waals surface area contributed by atoms with E-state index in [0.717, 1.165) is 12.8 Å². The summed E-state index contributed by atoms with van der Waals surface area (Å²) in [5, 5.41) is 8.90. The number of hydrogen-bond donors (Lipinski definition) is 0. The summed E-state index contributed by atoms with van der Waals surface area (Å²) in [6.45, 7) is 2.90. The number of hydrogen-bond acceptors (Lipinski definition) is 6. The number of carbonyl (C=O) groups is 2. The van der Waals surface area contributed by atoms with Gasteiger partial charge in [-0.15, -0.1) is 0 Å². The quantitative estimate of drug-likeness (QED) is 0.729. The Morgan fingerprint density at radius 2 is 2.16 bits per heavy atom. The number of likely N-dealkylation sites (tertiary alicyclic amines) is 1. The number of nitriles is 1. The lowest BCUT2D eigenvalue weighted by Crippen LogP contribution is -2.44. The minimum absolute atomic E-state index is 0.155. The average Bonchev–Trinajstić information content (AvgIpc) is 2.66. The normalized spacial score (nSPS) is 16.7. The van der Waals surface area contributed by atoms with Gasteiger partial charge in [-0.2, -0.15) is 5.26 Å². The molecular formula is C18H22N2O5. The Hall–Kier alpha value is -2.75. The van der Waals surface area contributed by atoms with E-state index in [1.807, 2.05) is 6.07 Å². The Morgan fingerprint density at radius 1 is 1.36 bits per heavy atom. The first-order valence-electron chi connectivity index (χ1n) is 8.24. The zero-order chi connectivity index (χ0) is 18.2. The molecule has 0 bridgehead atoms. The fourth-order valence-corrected chi connectivity index (χ4v) is 2.74. The lowest BCUT2D eigenvalue weighted by Gasteiger charge is -2.31. The van der Waals surface area contributed by atoms with Crippen LogP contribution in [0.15, 0.2) is 18.2 Å². The van der Waals surface area contributed by atoms with E-state index in [1.165, 1.54) is 7.11 Å². The maximum atomic E-state index is 12.4. The Balaban J connectivity index is 1.94. The number of amides is 1. The van der Waals surface area contributed by atoms with Gasteiger partial charge in [0.2, 0.25) is 0 Å². The summed E-state index contributed by atoms with van der Waals surface area (Å²) in [6.07, 6.45) is 1.49. The number of piperidine rings is 1. The molecule has 2 rings (SSSR count). The molecule has 1 atom stereocenters. The zero-order valence-corrected chi connectivity index (χ0v) is 14.5. The van der Waals surface area contributed by atoms with Crippen LogP contribution >= 0.6 is 0 Å². The predicted octanol–water partition coefficient (Wildman–Crippen LogP) is 1.75. The summed E-state index contributed by atoms with van der Waals surface area (Å²) in [5.74, 6) is 0.0703. The second kappa shape index (κ2) is 8.92. The molecule has 0 spiro atoms. The van der Waals surface area contributed by atoms with Crippen molar-refractivity contribution in [1.29, 1.82) is 5.26 Å². The first kappa shape index (κ1) is 18.6. The smallest absolute Gasteiger partial charge is 0.310 e. The molecule has 0 aromatic heterocycles. The Kier molecular flexibility index (Phi) is 6.63. The van der Waals surface area contributed by atoms with Crippen LogP contribution in [0.2, 0.25) is 0 Å². The van der Waals surface area contributed by atoms with Crippen LogP contribution in [-0.2, 0) is 14.3 Å². The average molecular weight is 346 g/mol. The van der Waals surface area contributed by atoms with Crippen molar-refractivity contribution < 1.29 is 23.8 Å². The van der Waals surface area contributed by atoms with Gasteiger partial charge >= 0.3 is 5.97 Å². The van der Waals surface area contributed by atoms with E-state index in [0.29, 0.717) is 36.8 Å². The standard InChI is InChI=1S/C18H22N2O5/c1-3-24-18(22)14-5-4-8-20(11-14)17(21)12-25-15-7-6-13(10-19)9-16(15)23-2/h6-7,9,14H,3-5,8,11-12H2,1-2H3/t14-/m1/s1. The third-order valence-corrected chi connectivity index (χ3v) is 4.04. The molecule has 1 heterocycles. The fourth-order valence-electron chi connectivity index (χ4n) is 2.74. The van der Waals surface area contributed by atoms with Crippen molar-refractivity contribution >= 4 is 11.9 Å². The van der Waals surface area contributed by atoms with Gasteiger partial charge in [-0.1, -0.05) is 0 Å². The summed E-state index contributed by atoms with van der Waals surface area (Å²) in [7, 11) is 1.47. The SMILES string of the molecule is CCOC(=O)[C@@H]1CCCN(C(=O)COc2ccc(C#N)cc2OC)C1. The molecule has 0 unspecified atom stereocenters. The molecule has 134 valence electrons. The Morgan fingerprint density at radius 3 is 2.84 bits per heavy atom. The van der Waals surface area contributed by atoms with Crippen LogP contribution in [0.5, 0.6) is 11.5 Å². The van der Waals surface area contributed by atoms with Gasteiger partial charge in [0, 0.05) is 19.2 Å². The van der Waals surface area contributed by atoms with Crippen LogP contribution in [-0.4, -0.2) is 50.2 Å². The summed E-state index contributed by atoms with van der Waals surface area (Å²) in [5.41, 5.74) is 0.448. The molecule has 1 aromatic rings. The van der Waals surface area contributed by atoms with E-state index in [1.54, 1.807) is 30.0 Å². The molecule has 0 saturated carbocycles. The number of carbonyl (C=O) groups excluding carboxylic acids is 2. The lowest BCUT2D eigenvalue weighted by atomic mass is 9.98. The van der Waals surface area contributed by atoms with Crippen LogP contribution in [0.4, 0.5) is 0 Å². The van der Waals surface area contributed by atoms with Gasteiger partial charge in [-0.25, -0.2) is 0 Å². The van der Waals surface area contributed by atoms with Crippen molar-refractivity contribution in [2.75, 3.05) is 33.4 Å². The molecule has 0 aliphatic carbocycles. The number of esters is 1. The molecule has 25 heavy (non-hydrogen) atoms. The zero-order valence-electron chi connectivity index (χ0n) is 14.5. The van der Waals surface area contributed by atoms with Crippen LogP contribution in [0.1, 0.15) is 25.3 Å². The van der Waals surface area contributed by atoms with Crippen molar-refractivity contribution in [1.82, 2.24) is 4.90 Å². The van der Waals surface area contributed by atoms with Gasteiger partial charge in [-0.3, -0.25) is 9.59 Å². The monoisotopic (exact) mass is 346 g/mol. The molecule has 1 saturated heterocycles. The summed E-state index contributed by atoms with van der Waals surface area (Å²) >= 11 is 0. The van der Waals surface area contributed by atoms with Crippen molar-refractivity contribution in [2.45, 2.75) is 19.8 Å². The lowest BCUT2D eigenvalue weighted by molar-refractivity contribution is -0.151. The van der Waals surface area contributed by atoms with E-state index >= 15 is 0 Å². The highest BCUT2D eigenvalue weighted by molar-refractivity contribution is 5.79. The Bertz CT molecular complexity index is 668. The van der Waals surface area contributed by atoms with Crippen LogP contribution in [0, 0.1) is 17.2 Å². The third-order valence-electron chi connectivity index (χ3n) is 4.04. The number of methoxy groups -OCH3 is 1. The number of rotatable bonds is 6. The number of benzene rings is 1. The molecule has 0 radical (unpaired) electrons. The van der Waals surface area contributed by atoms with Gasteiger partial charge in [0.15, 0.2) is 18.1 Å². The first-order chi connectivity index (χ1) is 12.1. The number of nitrogens with zero attached hydrogens (tertiary/aromatic N) is 2. The molecule has 1 amide bonds. The summed E-state index contributed by atoms with van der Waals surface area (Å²) in [4.78, 5) is 25.9. The van der Waals surface area contributed by atoms with E-state index in [4.69, 9.17) is 19.5 Å². The molecule has 1 aliphatic rings. The van der Waals surface area contributed by atoms with Crippen LogP contribution in [0.3, 0.4) is 0 Å². The third kappa shape index (κ3) is 4.86. The number of ether oxygens (including phenoxy) is 3. The van der Waals surface area contributed by atoms with Gasteiger partial charge in [0.25, 0.3) is 5.91 Å². The van der Waals surface area contributed by atoms with Crippen molar-refractivity contribution in [3.63, 3.8) is 0 Å². The summed E-state index contributed by atoms with van der Waals surface area (Å²) in [6, 6.07) is 6.77. The van der Waals surface area contributed by atoms with Gasteiger partial charge in [-0.05, 0) is 31.9 Å². The topological polar surface area (TPSA) is 88.9 Å². The van der Waals surface area contributed by atoms with Crippen molar-refractivity contribution in [3.8, 4) is 17.6 Å². The predicted molar refractivity (Wildman–Crippen MR) is 89.1 cm³/mol. The molecule has 1 aliphatic heterocycles. The second-order valence-corrected chi connectivity index (χ2v) is 5.70. The van der Waals surface area contributed by atoms with Crippen molar-refractivity contribution in [2.24, 2.45) is 5.92 Å². The van der Waals surface area contributed by atoms with Gasteiger partial charge in [0.05, 0.1) is 31.3 Å². The first-order valence-corrected chi connectivity index (χ1v) is 8.24. The maximum Gasteiger partial charge on any atom is 0.310 e. The van der Waals surface area contributed by atoms with E-state index in [9.17, 15) is 9.59 Å².